The van der Waals surface area contributed by atoms with Gasteiger partial charge in [0.25, 0.3) is 5.91 Å². The Balaban J connectivity index is 1.56. The van der Waals surface area contributed by atoms with Crippen LogP contribution in [0.4, 0.5) is 11.4 Å². The Hall–Kier alpha value is -2.80. The van der Waals surface area contributed by atoms with E-state index in [1.165, 1.54) is 16.7 Å². The lowest BCUT2D eigenvalue weighted by Gasteiger charge is -2.34. The van der Waals surface area contributed by atoms with Gasteiger partial charge in [-0.1, -0.05) is 24.3 Å². The number of hydrogen-bond donors (Lipinski definition) is 1. The van der Waals surface area contributed by atoms with Crippen molar-refractivity contribution < 1.29 is 14.4 Å². The smallest absolute Gasteiger partial charge is 0.250 e. The lowest BCUT2D eigenvalue weighted by molar-refractivity contribution is -0.134. The van der Waals surface area contributed by atoms with Crippen LogP contribution >= 0.6 is 11.8 Å². The molecule has 0 radical (unpaired) electrons. The van der Waals surface area contributed by atoms with Gasteiger partial charge in [0.1, 0.15) is 6.54 Å². The number of likely N-dealkylation sites (tertiary alicyclic amines) is 1. The lowest BCUT2D eigenvalue weighted by Crippen LogP contribution is -2.51. The van der Waals surface area contributed by atoms with Gasteiger partial charge >= 0.3 is 0 Å². The minimum atomic E-state index is -0.838. The van der Waals surface area contributed by atoms with Gasteiger partial charge < -0.3 is 15.1 Å². The van der Waals surface area contributed by atoms with Crippen LogP contribution in [-0.4, -0.2) is 47.5 Å². The van der Waals surface area contributed by atoms with Gasteiger partial charge in [-0.2, -0.15) is 0 Å². The van der Waals surface area contributed by atoms with E-state index in [0.717, 1.165) is 23.3 Å². The van der Waals surface area contributed by atoms with Crippen molar-refractivity contribution in [3.63, 3.8) is 0 Å². The van der Waals surface area contributed by atoms with Crippen LogP contribution in [-0.2, 0) is 14.4 Å². The normalized spacial score (nSPS) is 18.5. The molecule has 2 aliphatic rings. The molecule has 2 heterocycles. The summed E-state index contributed by atoms with van der Waals surface area (Å²) in [6, 6.07) is 14.9. The largest absolute Gasteiger partial charge is 0.341 e. The van der Waals surface area contributed by atoms with Gasteiger partial charge in [0.2, 0.25) is 11.8 Å². The first kappa shape index (κ1) is 19.5. The number of anilines is 2. The summed E-state index contributed by atoms with van der Waals surface area (Å²) in [5.74, 6) is -0.779. The zero-order valence-electron chi connectivity index (χ0n) is 16.3. The molecule has 2 aromatic rings. The molecule has 6 nitrogen and oxygen atoms in total. The van der Waals surface area contributed by atoms with Crippen LogP contribution in [0.5, 0.6) is 0 Å². The number of carbonyl (C=O) groups is 3. The fourth-order valence-corrected chi connectivity index (χ4v) is 4.89. The summed E-state index contributed by atoms with van der Waals surface area (Å²) in [4.78, 5) is 42.9. The Bertz CT molecular complexity index is 956. The Labute approximate surface area is 174 Å². The number of thioether (sulfide) groups is 1. The number of carbonyl (C=O) groups excluding carboxylic acids is 3. The third-order valence-corrected chi connectivity index (χ3v) is 6.37. The highest BCUT2D eigenvalue weighted by Gasteiger charge is 2.41. The standard InChI is InChI=1S/C22H23N3O3S/c1-15-7-6-8-16(13-15)23-19(26)14-25-17-9-2-3-10-18(17)29-20(22(25)28)21(27)24-11-4-5-12-24/h2-3,6-10,13,20H,4-5,11-12,14H2,1H3,(H,23,26)/t20-/m1/s1. The minimum absolute atomic E-state index is 0.131. The summed E-state index contributed by atoms with van der Waals surface area (Å²) < 4.78 is 0. The predicted octanol–water partition coefficient (Wildman–Crippen LogP) is 3.06. The predicted molar refractivity (Wildman–Crippen MR) is 114 cm³/mol. The van der Waals surface area contributed by atoms with Crippen LogP contribution in [0, 0.1) is 6.92 Å². The first-order valence-corrected chi connectivity index (χ1v) is 10.6. The third kappa shape index (κ3) is 4.15. The van der Waals surface area contributed by atoms with Gasteiger partial charge in [0, 0.05) is 23.7 Å². The van der Waals surface area contributed by atoms with Gasteiger partial charge in [-0.15, -0.1) is 11.8 Å². The summed E-state index contributed by atoms with van der Waals surface area (Å²) >= 11 is 1.28. The van der Waals surface area contributed by atoms with Crippen molar-refractivity contribution in [3.8, 4) is 0 Å². The molecule has 4 rings (SSSR count). The molecule has 1 fully saturated rings. The molecule has 1 atom stereocenters. The van der Waals surface area contributed by atoms with Crippen molar-refractivity contribution in [2.75, 3.05) is 29.9 Å². The van der Waals surface area contributed by atoms with Crippen LogP contribution in [0.25, 0.3) is 0 Å². The zero-order chi connectivity index (χ0) is 20.4. The number of para-hydroxylation sites is 1. The molecule has 3 amide bonds. The van der Waals surface area contributed by atoms with Crippen molar-refractivity contribution in [1.29, 1.82) is 0 Å². The van der Waals surface area contributed by atoms with Crippen molar-refractivity contribution in [1.82, 2.24) is 4.90 Å². The second-order valence-electron chi connectivity index (χ2n) is 7.34. The summed E-state index contributed by atoms with van der Waals surface area (Å²) in [7, 11) is 0. The minimum Gasteiger partial charge on any atom is -0.341 e. The molecule has 2 aliphatic heterocycles. The molecule has 2 aromatic carbocycles. The van der Waals surface area contributed by atoms with Gasteiger partial charge in [-0.05, 0) is 49.6 Å². The van der Waals surface area contributed by atoms with Crippen molar-refractivity contribution in [2.24, 2.45) is 0 Å². The van der Waals surface area contributed by atoms with E-state index in [9.17, 15) is 14.4 Å². The van der Waals surface area contributed by atoms with E-state index in [1.807, 2.05) is 55.5 Å². The van der Waals surface area contributed by atoms with Gasteiger partial charge in [0.15, 0.2) is 5.25 Å². The van der Waals surface area contributed by atoms with Crippen LogP contribution in [0.15, 0.2) is 53.4 Å². The van der Waals surface area contributed by atoms with E-state index >= 15 is 0 Å². The Morgan fingerprint density at radius 2 is 1.86 bits per heavy atom. The molecule has 0 aliphatic carbocycles. The highest BCUT2D eigenvalue weighted by molar-refractivity contribution is 8.01. The quantitative estimate of drug-likeness (QED) is 0.788. The van der Waals surface area contributed by atoms with E-state index in [0.29, 0.717) is 24.5 Å². The molecule has 7 heteroatoms. The summed E-state index contributed by atoms with van der Waals surface area (Å²) in [6.07, 6.45) is 1.94. The fourth-order valence-electron chi connectivity index (χ4n) is 3.71. The van der Waals surface area contributed by atoms with E-state index in [-0.39, 0.29) is 24.3 Å². The van der Waals surface area contributed by atoms with E-state index < -0.39 is 5.25 Å². The summed E-state index contributed by atoms with van der Waals surface area (Å²) in [5, 5.41) is 2.01. The number of aryl methyl sites for hydroxylation is 1. The molecule has 0 spiro atoms. The van der Waals surface area contributed by atoms with E-state index in [1.54, 1.807) is 4.90 Å². The molecule has 29 heavy (non-hydrogen) atoms. The number of rotatable bonds is 4. The Morgan fingerprint density at radius 3 is 2.62 bits per heavy atom. The number of amides is 3. The van der Waals surface area contributed by atoms with E-state index in [4.69, 9.17) is 0 Å². The number of fused-ring (bicyclic) bond motifs is 1. The Morgan fingerprint density at radius 1 is 1.10 bits per heavy atom. The van der Waals surface area contributed by atoms with Crippen LogP contribution in [0.2, 0.25) is 0 Å². The first-order chi connectivity index (χ1) is 14.0. The van der Waals surface area contributed by atoms with Crippen molar-refractivity contribution in [3.05, 3.63) is 54.1 Å². The topological polar surface area (TPSA) is 69.7 Å². The average Bonchev–Trinajstić information content (AvgIpc) is 3.24. The lowest BCUT2D eigenvalue weighted by atomic mass is 10.2. The Kier molecular flexibility index (Phi) is 5.58. The monoisotopic (exact) mass is 409 g/mol. The van der Waals surface area contributed by atoms with E-state index in [2.05, 4.69) is 5.32 Å². The molecule has 150 valence electrons. The highest BCUT2D eigenvalue weighted by atomic mass is 32.2. The second-order valence-corrected chi connectivity index (χ2v) is 8.49. The SMILES string of the molecule is Cc1cccc(NC(=O)CN2C(=O)[C@@H](C(=O)N3CCCC3)Sc3ccccc32)c1. The second kappa shape index (κ2) is 8.29. The van der Waals surface area contributed by atoms with Crippen molar-refractivity contribution >= 4 is 40.9 Å². The molecule has 0 bridgehead atoms. The molecular formula is C22H23N3O3S. The maximum Gasteiger partial charge on any atom is 0.250 e. The molecule has 0 aromatic heterocycles. The number of nitrogens with one attached hydrogen (secondary N) is 1. The molecule has 0 unspecified atom stereocenters. The van der Waals surface area contributed by atoms with Crippen LogP contribution < -0.4 is 10.2 Å². The molecule has 1 saturated heterocycles. The van der Waals surface area contributed by atoms with Gasteiger partial charge in [0.05, 0.1) is 5.69 Å². The summed E-state index contributed by atoms with van der Waals surface area (Å²) in [6.45, 7) is 3.21. The maximum atomic E-state index is 13.2. The third-order valence-electron chi connectivity index (χ3n) is 5.14. The van der Waals surface area contributed by atoms with Crippen LogP contribution in [0.1, 0.15) is 18.4 Å². The number of benzene rings is 2. The van der Waals surface area contributed by atoms with Gasteiger partial charge in [-0.3, -0.25) is 14.4 Å². The average molecular weight is 410 g/mol. The van der Waals surface area contributed by atoms with Crippen LogP contribution in [0.3, 0.4) is 0 Å². The molecule has 0 saturated carbocycles. The number of nitrogens with zero attached hydrogens (tertiary/aromatic N) is 2. The fraction of sp³-hybridized carbons (Fsp3) is 0.318. The highest BCUT2D eigenvalue weighted by Crippen LogP contribution is 2.40. The van der Waals surface area contributed by atoms with Gasteiger partial charge in [-0.25, -0.2) is 0 Å². The number of hydrogen-bond acceptors (Lipinski definition) is 4. The molecule has 1 N–H and O–H groups in total. The maximum absolute atomic E-state index is 13.2. The summed E-state index contributed by atoms with van der Waals surface area (Å²) in [5.41, 5.74) is 2.40. The molecular weight excluding hydrogens is 386 g/mol. The first-order valence-electron chi connectivity index (χ1n) is 9.75. The zero-order valence-corrected chi connectivity index (χ0v) is 17.1. The van der Waals surface area contributed by atoms with Crippen molar-refractivity contribution in [2.45, 2.75) is 29.9 Å².